The quantitative estimate of drug-likeness (QED) is 0.595. The highest BCUT2D eigenvalue weighted by molar-refractivity contribution is 6.02. The summed E-state index contributed by atoms with van der Waals surface area (Å²) in [6.45, 7) is 1.98. The third-order valence-corrected chi connectivity index (χ3v) is 1.62. The SMILES string of the molecule is CCOC(=O)/C=C/C(=O)Nc1ccn(C)n1. The second-order valence-corrected chi connectivity index (χ2v) is 2.95. The normalized spacial score (nSPS) is 10.4. The van der Waals surface area contributed by atoms with Gasteiger partial charge in [0, 0.05) is 31.5 Å². The molecule has 0 spiro atoms. The second-order valence-electron chi connectivity index (χ2n) is 2.95. The predicted octanol–water partition coefficient (Wildman–Crippen LogP) is 0.478. The number of aromatic nitrogens is 2. The van der Waals surface area contributed by atoms with Crippen molar-refractivity contribution < 1.29 is 14.3 Å². The number of anilines is 1. The van der Waals surface area contributed by atoms with Crippen LogP contribution in [0.25, 0.3) is 0 Å². The van der Waals surface area contributed by atoms with E-state index >= 15 is 0 Å². The summed E-state index contributed by atoms with van der Waals surface area (Å²) in [6.07, 6.45) is 3.87. The van der Waals surface area contributed by atoms with E-state index in [-0.39, 0.29) is 6.61 Å². The lowest BCUT2D eigenvalue weighted by Gasteiger charge is -1.96. The van der Waals surface area contributed by atoms with Crippen molar-refractivity contribution in [2.45, 2.75) is 6.92 Å². The monoisotopic (exact) mass is 223 g/mol. The standard InChI is InChI=1S/C10H13N3O3/c1-3-16-10(15)5-4-9(14)11-8-6-7-13(2)12-8/h4-7H,3H2,1-2H3,(H,11,12,14)/b5-4+. The highest BCUT2D eigenvalue weighted by atomic mass is 16.5. The first-order chi connectivity index (χ1) is 7.61. The van der Waals surface area contributed by atoms with Crippen LogP contribution in [0.2, 0.25) is 0 Å². The lowest BCUT2D eigenvalue weighted by Crippen LogP contribution is -2.10. The lowest BCUT2D eigenvalue weighted by molar-refractivity contribution is -0.137. The van der Waals surface area contributed by atoms with E-state index in [9.17, 15) is 9.59 Å². The minimum Gasteiger partial charge on any atom is -0.463 e. The van der Waals surface area contributed by atoms with Crippen LogP contribution >= 0.6 is 0 Å². The van der Waals surface area contributed by atoms with E-state index < -0.39 is 11.9 Å². The molecule has 1 aromatic heterocycles. The topological polar surface area (TPSA) is 73.2 Å². The van der Waals surface area contributed by atoms with Crippen LogP contribution < -0.4 is 5.32 Å². The maximum atomic E-state index is 11.3. The van der Waals surface area contributed by atoms with E-state index in [0.29, 0.717) is 5.82 Å². The molecule has 0 aromatic carbocycles. The summed E-state index contributed by atoms with van der Waals surface area (Å²) in [4.78, 5) is 22.2. The minimum atomic E-state index is -0.543. The highest BCUT2D eigenvalue weighted by Crippen LogP contribution is 2.00. The van der Waals surface area contributed by atoms with Crippen molar-refractivity contribution in [2.75, 3.05) is 11.9 Å². The zero-order chi connectivity index (χ0) is 12.0. The number of rotatable bonds is 4. The highest BCUT2D eigenvalue weighted by Gasteiger charge is 2.01. The molecule has 0 aliphatic carbocycles. The van der Waals surface area contributed by atoms with Gasteiger partial charge >= 0.3 is 5.97 Å². The Bertz CT molecular complexity index is 409. The molecule has 0 bridgehead atoms. The number of hydrogen-bond acceptors (Lipinski definition) is 4. The Kier molecular flexibility index (Phi) is 4.26. The van der Waals surface area contributed by atoms with Gasteiger partial charge in [-0.3, -0.25) is 9.48 Å². The maximum Gasteiger partial charge on any atom is 0.330 e. The molecule has 0 radical (unpaired) electrons. The molecule has 16 heavy (non-hydrogen) atoms. The van der Waals surface area contributed by atoms with Crippen molar-refractivity contribution in [3.8, 4) is 0 Å². The van der Waals surface area contributed by atoms with Gasteiger partial charge in [0.25, 0.3) is 0 Å². The van der Waals surface area contributed by atoms with Crippen molar-refractivity contribution in [3.63, 3.8) is 0 Å². The Morgan fingerprint density at radius 2 is 2.31 bits per heavy atom. The van der Waals surface area contributed by atoms with Crippen molar-refractivity contribution in [1.29, 1.82) is 0 Å². The first-order valence-electron chi connectivity index (χ1n) is 4.77. The average Bonchev–Trinajstić information content (AvgIpc) is 2.61. The number of aryl methyl sites for hydroxylation is 1. The summed E-state index contributed by atoms with van der Waals surface area (Å²) in [7, 11) is 1.74. The summed E-state index contributed by atoms with van der Waals surface area (Å²) in [5.74, 6) is -0.536. The van der Waals surface area contributed by atoms with Crippen LogP contribution in [0, 0.1) is 0 Å². The predicted molar refractivity (Wildman–Crippen MR) is 57.6 cm³/mol. The van der Waals surface area contributed by atoms with Gasteiger partial charge in [-0.15, -0.1) is 0 Å². The smallest absolute Gasteiger partial charge is 0.330 e. The number of amides is 1. The molecule has 1 heterocycles. The fourth-order valence-electron chi connectivity index (χ4n) is 0.984. The van der Waals surface area contributed by atoms with Crippen LogP contribution in [0.15, 0.2) is 24.4 Å². The molecular formula is C10H13N3O3. The first-order valence-corrected chi connectivity index (χ1v) is 4.77. The third-order valence-electron chi connectivity index (χ3n) is 1.62. The van der Waals surface area contributed by atoms with Gasteiger partial charge in [0.2, 0.25) is 5.91 Å². The molecule has 0 aliphatic heterocycles. The number of hydrogen-bond donors (Lipinski definition) is 1. The molecular weight excluding hydrogens is 210 g/mol. The Balaban J connectivity index is 2.44. The van der Waals surface area contributed by atoms with Crippen LogP contribution in [0.3, 0.4) is 0 Å². The number of carbonyl (C=O) groups is 2. The van der Waals surface area contributed by atoms with Crippen molar-refractivity contribution in [3.05, 3.63) is 24.4 Å². The molecule has 6 nitrogen and oxygen atoms in total. The molecule has 1 aromatic rings. The Hall–Kier alpha value is -2.11. The fraction of sp³-hybridized carbons (Fsp3) is 0.300. The molecule has 86 valence electrons. The molecule has 0 saturated carbocycles. The molecule has 0 fully saturated rings. The number of ether oxygens (including phenoxy) is 1. The van der Waals surface area contributed by atoms with Crippen molar-refractivity contribution in [1.82, 2.24) is 9.78 Å². The Labute approximate surface area is 92.9 Å². The average molecular weight is 223 g/mol. The molecule has 0 saturated heterocycles. The van der Waals surface area contributed by atoms with E-state index in [0.717, 1.165) is 12.2 Å². The van der Waals surface area contributed by atoms with E-state index in [2.05, 4.69) is 15.2 Å². The van der Waals surface area contributed by atoms with Crippen LogP contribution in [-0.2, 0) is 21.4 Å². The van der Waals surface area contributed by atoms with Gasteiger partial charge < -0.3 is 10.1 Å². The Morgan fingerprint density at radius 1 is 1.56 bits per heavy atom. The van der Waals surface area contributed by atoms with E-state index in [1.165, 1.54) is 0 Å². The van der Waals surface area contributed by atoms with Gasteiger partial charge in [-0.1, -0.05) is 0 Å². The molecule has 0 unspecified atom stereocenters. The number of nitrogens with zero attached hydrogens (tertiary/aromatic N) is 2. The van der Waals surface area contributed by atoms with Gasteiger partial charge in [-0.05, 0) is 6.92 Å². The van der Waals surface area contributed by atoms with Gasteiger partial charge in [0.1, 0.15) is 0 Å². The maximum absolute atomic E-state index is 11.3. The molecule has 1 rings (SSSR count). The largest absolute Gasteiger partial charge is 0.463 e. The van der Waals surface area contributed by atoms with Crippen LogP contribution in [0.5, 0.6) is 0 Å². The number of nitrogens with one attached hydrogen (secondary N) is 1. The van der Waals surface area contributed by atoms with Crippen LogP contribution in [0.4, 0.5) is 5.82 Å². The molecule has 6 heteroatoms. The summed E-state index contributed by atoms with van der Waals surface area (Å²) in [5, 5.41) is 6.44. The number of esters is 1. The molecule has 1 amide bonds. The first kappa shape index (κ1) is 12.0. The van der Waals surface area contributed by atoms with Crippen molar-refractivity contribution in [2.24, 2.45) is 7.05 Å². The number of carbonyl (C=O) groups excluding carboxylic acids is 2. The summed E-state index contributed by atoms with van der Waals surface area (Å²) in [5.41, 5.74) is 0. The van der Waals surface area contributed by atoms with E-state index in [1.807, 2.05) is 0 Å². The van der Waals surface area contributed by atoms with Gasteiger partial charge in [-0.2, -0.15) is 5.10 Å². The van der Waals surface area contributed by atoms with Crippen LogP contribution in [-0.4, -0.2) is 28.3 Å². The van der Waals surface area contributed by atoms with Crippen LogP contribution in [0.1, 0.15) is 6.92 Å². The van der Waals surface area contributed by atoms with E-state index in [4.69, 9.17) is 0 Å². The fourth-order valence-corrected chi connectivity index (χ4v) is 0.984. The molecule has 1 N–H and O–H groups in total. The lowest BCUT2D eigenvalue weighted by atomic mass is 10.4. The minimum absolute atomic E-state index is 0.283. The summed E-state index contributed by atoms with van der Waals surface area (Å²) < 4.78 is 6.18. The Morgan fingerprint density at radius 3 is 2.88 bits per heavy atom. The zero-order valence-corrected chi connectivity index (χ0v) is 9.14. The molecule has 0 aliphatic rings. The summed E-state index contributed by atoms with van der Waals surface area (Å²) in [6, 6.07) is 1.65. The zero-order valence-electron chi connectivity index (χ0n) is 9.14. The molecule has 0 atom stereocenters. The van der Waals surface area contributed by atoms with Crippen molar-refractivity contribution >= 4 is 17.7 Å². The van der Waals surface area contributed by atoms with Gasteiger partial charge in [-0.25, -0.2) is 4.79 Å². The second kappa shape index (κ2) is 5.69. The van der Waals surface area contributed by atoms with E-state index in [1.54, 1.807) is 30.9 Å². The summed E-state index contributed by atoms with van der Waals surface area (Å²) >= 11 is 0. The van der Waals surface area contributed by atoms with Gasteiger partial charge in [0.15, 0.2) is 5.82 Å². The third kappa shape index (κ3) is 3.95. The van der Waals surface area contributed by atoms with Gasteiger partial charge in [0.05, 0.1) is 6.61 Å².